The molecule has 2 N–H and O–H groups in total. The predicted molar refractivity (Wildman–Crippen MR) is 77.9 cm³/mol. The molecule has 0 saturated heterocycles. The molecule has 0 unspecified atom stereocenters. The van der Waals surface area contributed by atoms with Crippen LogP contribution in [0, 0.1) is 5.41 Å². The molecule has 0 atom stereocenters. The Kier molecular flexibility index (Phi) is 4.48. The molecule has 0 spiro atoms. The van der Waals surface area contributed by atoms with Crippen molar-refractivity contribution in [3.63, 3.8) is 0 Å². The highest BCUT2D eigenvalue weighted by Crippen LogP contribution is 2.43. The van der Waals surface area contributed by atoms with Crippen molar-refractivity contribution in [1.29, 1.82) is 0 Å². The van der Waals surface area contributed by atoms with Crippen LogP contribution in [0.4, 0.5) is 0 Å². The van der Waals surface area contributed by atoms with Gasteiger partial charge in [-0.25, -0.2) is 0 Å². The van der Waals surface area contributed by atoms with Crippen molar-refractivity contribution in [2.45, 2.75) is 32.2 Å². The number of halogens is 1. The Balaban J connectivity index is 1.90. The third-order valence-corrected chi connectivity index (χ3v) is 4.38. The number of amides is 1. The van der Waals surface area contributed by atoms with Gasteiger partial charge < -0.3 is 10.6 Å². The van der Waals surface area contributed by atoms with Crippen LogP contribution in [0.3, 0.4) is 0 Å². The molecule has 19 heavy (non-hydrogen) atoms. The van der Waals surface area contributed by atoms with Crippen molar-refractivity contribution >= 4 is 17.5 Å². The summed E-state index contributed by atoms with van der Waals surface area (Å²) in [4.78, 5) is 14.0. The Labute approximate surface area is 119 Å². The zero-order valence-corrected chi connectivity index (χ0v) is 12.1. The molecule has 104 valence electrons. The van der Waals surface area contributed by atoms with Crippen molar-refractivity contribution in [3.8, 4) is 0 Å². The third kappa shape index (κ3) is 3.48. The highest BCUT2D eigenvalue weighted by Gasteiger charge is 2.38. The molecule has 1 saturated carbocycles. The van der Waals surface area contributed by atoms with Crippen LogP contribution in [0.5, 0.6) is 0 Å². The van der Waals surface area contributed by atoms with Crippen molar-refractivity contribution in [2.75, 3.05) is 13.6 Å². The molecule has 0 heterocycles. The number of benzene rings is 1. The van der Waals surface area contributed by atoms with Crippen LogP contribution in [0.2, 0.25) is 5.02 Å². The molecule has 1 aliphatic carbocycles. The number of carbonyl (C=O) groups excluding carboxylic acids is 1. The molecule has 0 aliphatic heterocycles. The number of carbonyl (C=O) groups is 1. The summed E-state index contributed by atoms with van der Waals surface area (Å²) < 4.78 is 0. The number of rotatable bonds is 5. The molecular formula is C15H21ClN2O. The van der Waals surface area contributed by atoms with Crippen LogP contribution in [0.1, 0.15) is 31.2 Å². The molecule has 0 aromatic heterocycles. The first kappa shape index (κ1) is 14.4. The Morgan fingerprint density at radius 3 is 2.47 bits per heavy atom. The first-order valence-electron chi connectivity index (χ1n) is 6.73. The molecule has 1 fully saturated rings. The fourth-order valence-electron chi connectivity index (χ4n) is 2.54. The lowest BCUT2D eigenvalue weighted by Crippen LogP contribution is -2.42. The zero-order chi connectivity index (χ0) is 13.9. The first-order valence-corrected chi connectivity index (χ1v) is 7.11. The van der Waals surface area contributed by atoms with Gasteiger partial charge in [-0.3, -0.25) is 4.79 Å². The quantitative estimate of drug-likeness (QED) is 0.901. The molecule has 4 heteroatoms. The third-order valence-electron chi connectivity index (χ3n) is 4.13. The molecule has 2 rings (SSSR count). The summed E-state index contributed by atoms with van der Waals surface area (Å²) in [7, 11) is 1.85. The monoisotopic (exact) mass is 280 g/mol. The van der Waals surface area contributed by atoms with E-state index in [1.165, 1.54) is 6.42 Å². The second-order valence-corrected chi connectivity index (χ2v) is 6.05. The van der Waals surface area contributed by atoms with Gasteiger partial charge in [0.1, 0.15) is 0 Å². The molecule has 0 bridgehead atoms. The van der Waals surface area contributed by atoms with E-state index in [0.717, 1.165) is 18.4 Å². The Morgan fingerprint density at radius 1 is 1.37 bits per heavy atom. The highest BCUT2D eigenvalue weighted by molar-refractivity contribution is 6.30. The summed E-state index contributed by atoms with van der Waals surface area (Å²) in [6, 6.07) is 7.60. The molecule has 3 nitrogen and oxygen atoms in total. The van der Waals surface area contributed by atoms with Gasteiger partial charge in [-0.05, 0) is 42.5 Å². The summed E-state index contributed by atoms with van der Waals surface area (Å²) in [5.74, 6) is 0.181. The summed E-state index contributed by atoms with van der Waals surface area (Å²) in [5.41, 5.74) is 6.97. The van der Waals surface area contributed by atoms with Crippen LogP contribution < -0.4 is 5.73 Å². The van der Waals surface area contributed by atoms with Crippen molar-refractivity contribution in [1.82, 2.24) is 4.90 Å². The fraction of sp³-hybridized carbons (Fsp3) is 0.533. The summed E-state index contributed by atoms with van der Waals surface area (Å²) in [6.45, 7) is 1.24. The molecule has 1 aliphatic rings. The zero-order valence-electron chi connectivity index (χ0n) is 11.4. The second kappa shape index (κ2) is 5.93. The van der Waals surface area contributed by atoms with Gasteiger partial charge in [0.2, 0.25) is 5.91 Å². The summed E-state index contributed by atoms with van der Waals surface area (Å²) in [5, 5.41) is 0.717. The van der Waals surface area contributed by atoms with E-state index < -0.39 is 0 Å². The minimum Gasteiger partial charge on any atom is -0.341 e. The molecule has 1 aromatic carbocycles. The average molecular weight is 281 g/mol. The molecule has 1 aromatic rings. The Bertz CT molecular complexity index is 434. The number of nitrogens with two attached hydrogens (primary N) is 1. The van der Waals surface area contributed by atoms with E-state index in [1.54, 1.807) is 4.90 Å². The Morgan fingerprint density at radius 2 is 2.00 bits per heavy atom. The van der Waals surface area contributed by atoms with Crippen LogP contribution in [-0.4, -0.2) is 24.4 Å². The van der Waals surface area contributed by atoms with E-state index in [1.807, 2.05) is 31.3 Å². The maximum atomic E-state index is 12.2. The van der Waals surface area contributed by atoms with Gasteiger partial charge in [0.15, 0.2) is 0 Å². The largest absolute Gasteiger partial charge is 0.341 e. The smallest absolute Gasteiger partial charge is 0.223 e. The average Bonchev–Trinajstić information content (AvgIpc) is 2.36. The SMILES string of the molecule is CN(Cc1ccc(Cl)cc1)C(=O)CC1(CN)CCC1. The lowest BCUT2D eigenvalue weighted by molar-refractivity contribution is -0.134. The van der Waals surface area contributed by atoms with Crippen LogP contribution in [-0.2, 0) is 11.3 Å². The minimum atomic E-state index is 0.0747. The normalized spacial score (nSPS) is 16.8. The topological polar surface area (TPSA) is 46.3 Å². The first-order chi connectivity index (χ1) is 9.04. The van der Waals surface area contributed by atoms with Gasteiger partial charge in [0.25, 0.3) is 0 Å². The lowest BCUT2D eigenvalue weighted by Gasteiger charge is -2.41. The van der Waals surface area contributed by atoms with Gasteiger partial charge in [-0.1, -0.05) is 30.2 Å². The van der Waals surface area contributed by atoms with Gasteiger partial charge in [0, 0.05) is 25.0 Å². The van der Waals surface area contributed by atoms with E-state index in [-0.39, 0.29) is 11.3 Å². The molecular weight excluding hydrogens is 260 g/mol. The molecule has 1 amide bonds. The van der Waals surface area contributed by atoms with E-state index >= 15 is 0 Å². The number of nitrogens with zero attached hydrogens (tertiary/aromatic N) is 1. The van der Waals surface area contributed by atoms with E-state index in [0.29, 0.717) is 24.5 Å². The van der Waals surface area contributed by atoms with Crippen molar-refractivity contribution in [2.24, 2.45) is 11.1 Å². The van der Waals surface area contributed by atoms with Crippen LogP contribution >= 0.6 is 11.6 Å². The van der Waals surface area contributed by atoms with E-state index in [2.05, 4.69) is 0 Å². The number of hydrogen-bond donors (Lipinski definition) is 1. The molecule has 0 radical (unpaired) electrons. The highest BCUT2D eigenvalue weighted by atomic mass is 35.5. The van der Waals surface area contributed by atoms with Crippen LogP contribution in [0.25, 0.3) is 0 Å². The maximum Gasteiger partial charge on any atom is 0.223 e. The van der Waals surface area contributed by atoms with Gasteiger partial charge in [-0.2, -0.15) is 0 Å². The maximum absolute atomic E-state index is 12.2. The number of hydrogen-bond acceptors (Lipinski definition) is 2. The van der Waals surface area contributed by atoms with E-state index in [4.69, 9.17) is 17.3 Å². The summed E-state index contributed by atoms with van der Waals surface area (Å²) in [6.07, 6.45) is 3.95. The van der Waals surface area contributed by atoms with Gasteiger partial charge in [-0.15, -0.1) is 0 Å². The van der Waals surface area contributed by atoms with E-state index in [9.17, 15) is 4.79 Å². The van der Waals surface area contributed by atoms with Gasteiger partial charge in [0.05, 0.1) is 0 Å². The van der Waals surface area contributed by atoms with Gasteiger partial charge >= 0.3 is 0 Å². The van der Waals surface area contributed by atoms with Crippen LogP contribution in [0.15, 0.2) is 24.3 Å². The lowest BCUT2D eigenvalue weighted by atomic mass is 9.66. The fourth-order valence-corrected chi connectivity index (χ4v) is 2.66. The second-order valence-electron chi connectivity index (χ2n) is 5.61. The summed E-state index contributed by atoms with van der Waals surface area (Å²) >= 11 is 5.85. The predicted octanol–water partition coefficient (Wildman–Crippen LogP) is 2.82. The standard InChI is InChI=1S/C15H21ClN2O/c1-18(10-12-3-5-13(16)6-4-12)14(19)9-15(11-17)7-2-8-15/h3-6H,2,7-11,17H2,1H3. The minimum absolute atomic E-state index is 0.0747. The van der Waals surface area contributed by atoms with Crippen molar-refractivity contribution < 1.29 is 4.79 Å². The van der Waals surface area contributed by atoms with Crippen molar-refractivity contribution in [3.05, 3.63) is 34.9 Å². The Hall–Kier alpha value is -1.06.